The molecule has 2 rings (SSSR count). The quantitative estimate of drug-likeness (QED) is 0.819. The minimum absolute atomic E-state index is 0.162. The molecule has 0 spiro atoms. The first kappa shape index (κ1) is 15.4. The van der Waals surface area contributed by atoms with Gasteiger partial charge in [0.2, 0.25) is 10.7 Å². The average Bonchev–Trinajstić information content (AvgIpc) is 2.32. The Labute approximate surface area is 128 Å². The van der Waals surface area contributed by atoms with Gasteiger partial charge in [-0.15, -0.1) is 0 Å². The van der Waals surface area contributed by atoms with Crippen molar-refractivity contribution >= 4 is 16.8 Å². The van der Waals surface area contributed by atoms with E-state index in [1.165, 1.54) is 11.6 Å². The third-order valence-electron chi connectivity index (χ3n) is 3.33. The number of aromatic nitrogens is 2. The SMILES string of the molecule is Cc1cc(C)c(-n2nc(CC(=O)Cl)c(=O)cc2C)c(C)c1. The van der Waals surface area contributed by atoms with Crippen molar-refractivity contribution in [3.05, 3.63) is 56.5 Å². The van der Waals surface area contributed by atoms with Gasteiger partial charge in [-0.3, -0.25) is 9.59 Å². The Balaban J connectivity index is 2.70. The van der Waals surface area contributed by atoms with Crippen LogP contribution in [0.2, 0.25) is 0 Å². The molecule has 0 radical (unpaired) electrons. The minimum Gasteiger partial charge on any atom is -0.288 e. The summed E-state index contributed by atoms with van der Waals surface area (Å²) in [6.07, 6.45) is -0.162. The molecule has 0 N–H and O–H groups in total. The van der Waals surface area contributed by atoms with Crippen LogP contribution in [0.4, 0.5) is 0 Å². The highest BCUT2D eigenvalue weighted by atomic mass is 35.5. The van der Waals surface area contributed by atoms with Crippen LogP contribution < -0.4 is 5.43 Å². The number of carbonyl (C=O) groups excluding carboxylic acids is 1. The van der Waals surface area contributed by atoms with Gasteiger partial charge in [0.05, 0.1) is 12.1 Å². The number of hydrogen-bond donors (Lipinski definition) is 0. The van der Waals surface area contributed by atoms with Crippen LogP contribution in [0.1, 0.15) is 28.1 Å². The first-order valence-electron chi connectivity index (χ1n) is 6.66. The van der Waals surface area contributed by atoms with E-state index >= 15 is 0 Å². The minimum atomic E-state index is -0.590. The van der Waals surface area contributed by atoms with Crippen LogP contribution in [0.25, 0.3) is 5.69 Å². The Morgan fingerprint density at radius 2 is 1.71 bits per heavy atom. The van der Waals surface area contributed by atoms with Gasteiger partial charge in [-0.2, -0.15) is 5.10 Å². The maximum absolute atomic E-state index is 11.9. The maximum atomic E-state index is 11.9. The summed E-state index contributed by atoms with van der Waals surface area (Å²) in [5.74, 6) is 0. The summed E-state index contributed by atoms with van der Waals surface area (Å²) in [6.45, 7) is 7.86. The summed E-state index contributed by atoms with van der Waals surface area (Å²) in [7, 11) is 0. The fraction of sp³-hybridized carbons (Fsp3) is 0.312. The average molecular weight is 305 g/mol. The van der Waals surface area contributed by atoms with E-state index in [0.717, 1.165) is 22.5 Å². The molecule has 0 bridgehead atoms. The van der Waals surface area contributed by atoms with Gasteiger partial charge in [-0.25, -0.2) is 4.68 Å². The lowest BCUT2D eigenvalue weighted by Crippen LogP contribution is -2.21. The molecule has 1 heterocycles. The Morgan fingerprint density at radius 3 is 2.24 bits per heavy atom. The molecule has 0 unspecified atom stereocenters. The number of nitrogens with zero attached hydrogens (tertiary/aromatic N) is 2. The van der Waals surface area contributed by atoms with Gasteiger partial charge in [0.1, 0.15) is 5.69 Å². The highest BCUT2D eigenvalue weighted by Crippen LogP contribution is 2.21. The summed E-state index contributed by atoms with van der Waals surface area (Å²) in [5, 5.41) is 3.74. The van der Waals surface area contributed by atoms with Gasteiger partial charge in [-0.05, 0) is 50.4 Å². The third kappa shape index (κ3) is 3.22. The van der Waals surface area contributed by atoms with Gasteiger partial charge in [0.15, 0.2) is 0 Å². The number of hydrogen-bond acceptors (Lipinski definition) is 3. The molecule has 21 heavy (non-hydrogen) atoms. The number of aryl methyl sites for hydroxylation is 4. The first-order valence-corrected chi connectivity index (χ1v) is 7.04. The van der Waals surface area contributed by atoms with Gasteiger partial charge in [0, 0.05) is 11.8 Å². The molecule has 0 aliphatic heterocycles. The molecule has 0 atom stereocenters. The number of halogens is 1. The van der Waals surface area contributed by atoms with Crippen LogP contribution in [0.15, 0.2) is 23.0 Å². The van der Waals surface area contributed by atoms with Crippen LogP contribution in [0.3, 0.4) is 0 Å². The summed E-state index contributed by atoms with van der Waals surface area (Å²) >= 11 is 5.38. The molecule has 110 valence electrons. The molecule has 0 aliphatic carbocycles. The van der Waals surface area contributed by atoms with Crippen molar-refractivity contribution in [1.82, 2.24) is 9.78 Å². The number of rotatable bonds is 3. The molecule has 0 fully saturated rings. The fourth-order valence-corrected chi connectivity index (χ4v) is 2.70. The molecule has 0 aliphatic rings. The standard InChI is InChI=1S/C16H17ClN2O2/c1-9-5-10(2)16(11(3)6-9)19-12(4)7-14(20)13(18-19)8-15(17)21/h5-7H,8H2,1-4H3. The predicted octanol–water partition coefficient (Wildman–Crippen LogP) is 2.77. The molecule has 0 amide bonds. The predicted molar refractivity (Wildman–Crippen MR) is 83.3 cm³/mol. The summed E-state index contributed by atoms with van der Waals surface area (Å²) < 4.78 is 1.71. The molecule has 1 aromatic carbocycles. The Morgan fingerprint density at radius 1 is 1.14 bits per heavy atom. The fourth-order valence-electron chi connectivity index (χ4n) is 2.57. The monoisotopic (exact) mass is 304 g/mol. The topological polar surface area (TPSA) is 52.0 Å². The van der Waals surface area contributed by atoms with E-state index in [9.17, 15) is 9.59 Å². The molecule has 4 nitrogen and oxygen atoms in total. The summed E-state index contributed by atoms with van der Waals surface area (Å²) in [5.41, 5.74) is 4.86. The normalized spacial score (nSPS) is 10.7. The zero-order chi connectivity index (χ0) is 15.7. The molecule has 1 aromatic heterocycles. The van der Waals surface area contributed by atoms with E-state index < -0.39 is 5.24 Å². The lowest BCUT2D eigenvalue weighted by molar-refractivity contribution is -0.111. The first-order chi connectivity index (χ1) is 9.79. The van der Waals surface area contributed by atoms with Gasteiger partial charge in [0.25, 0.3) is 0 Å². The summed E-state index contributed by atoms with van der Waals surface area (Å²) in [4.78, 5) is 23.0. The molecule has 5 heteroatoms. The molecule has 0 saturated carbocycles. The molecule has 0 saturated heterocycles. The highest BCUT2D eigenvalue weighted by Gasteiger charge is 2.13. The van der Waals surface area contributed by atoms with E-state index in [4.69, 9.17) is 11.6 Å². The Bertz CT molecular complexity index is 755. The molecular formula is C16H17ClN2O2. The lowest BCUT2D eigenvalue weighted by atomic mass is 10.0. The Hall–Kier alpha value is -1.94. The Kier molecular flexibility index (Phi) is 4.28. The second kappa shape index (κ2) is 5.82. The number of benzene rings is 1. The third-order valence-corrected chi connectivity index (χ3v) is 3.47. The van der Waals surface area contributed by atoms with Crippen LogP contribution >= 0.6 is 11.6 Å². The van der Waals surface area contributed by atoms with Crippen LogP contribution in [-0.2, 0) is 11.2 Å². The zero-order valence-corrected chi connectivity index (χ0v) is 13.3. The lowest BCUT2D eigenvalue weighted by Gasteiger charge is -2.16. The second-order valence-corrected chi connectivity index (χ2v) is 5.71. The van der Waals surface area contributed by atoms with E-state index in [0.29, 0.717) is 0 Å². The van der Waals surface area contributed by atoms with Gasteiger partial charge >= 0.3 is 0 Å². The van der Waals surface area contributed by atoms with Crippen LogP contribution in [0.5, 0.6) is 0 Å². The smallest absolute Gasteiger partial charge is 0.227 e. The van der Waals surface area contributed by atoms with Crippen LogP contribution in [0, 0.1) is 27.7 Å². The van der Waals surface area contributed by atoms with E-state index in [1.54, 1.807) is 4.68 Å². The zero-order valence-electron chi connectivity index (χ0n) is 12.5. The highest BCUT2D eigenvalue weighted by molar-refractivity contribution is 6.63. The van der Waals surface area contributed by atoms with Crippen molar-refractivity contribution in [2.45, 2.75) is 34.1 Å². The summed E-state index contributed by atoms with van der Waals surface area (Å²) in [6, 6.07) is 5.61. The van der Waals surface area contributed by atoms with Crippen molar-refractivity contribution in [2.24, 2.45) is 0 Å². The maximum Gasteiger partial charge on any atom is 0.227 e. The molecular weight excluding hydrogens is 288 g/mol. The van der Waals surface area contributed by atoms with E-state index in [2.05, 4.69) is 17.2 Å². The molecule has 2 aromatic rings. The van der Waals surface area contributed by atoms with E-state index in [-0.39, 0.29) is 17.5 Å². The second-order valence-electron chi connectivity index (χ2n) is 5.29. The van der Waals surface area contributed by atoms with Crippen LogP contribution in [-0.4, -0.2) is 15.0 Å². The van der Waals surface area contributed by atoms with Crippen molar-refractivity contribution in [3.8, 4) is 5.69 Å². The van der Waals surface area contributed by atoms with Crippen molar-refractivity contribution in [1.29, 1.82) is 0 Å². The van der Waals surface area contributed by atoms with Crippen molar-refractivity contribution in [3.63, 3.8) is 0 Å². The van der Waals surface area contributed by atoms with E-state index in [1.807, 2.05) is 27.7 Å². The largest absolute Gasteiger partial charge is 0.288 e. The van der Waals surface area contributed by atoms with Gasteiger partial charge in [-0.1, -0.05) is 17.7 Å². The van der Waals surface area contributed by atoms with Crippen molar-refractivity contribution < 1.29 is 4.79 Å². The number of carbonyl (C=O) groups is 1. The van der Waals surface area contributed by atoms with Gasteiger partial charge < -0.3 is 0 Å². The van der Waals surface area contributed by atoms with Crippen molar-refractivity contribution in [2.75, 3.05) is 0 Å².